The Labute approximate surface area is 114 Å². The van der Waals surface area contributed by atoms with Crippen molar-refractivity contribution in [2.75, 3.05) is 12.8 Å². The van der Waals surface area contributed by atoms with Crippen molar-refractivity contribution in [1.82, 2.24) is 0 Å². The van der Waals surface area contributed by atoms with Crippen molar-refractivity contribution in [2.45, 2.75) is 42.8 Å². The first-order chi connectivity index (χ1) is 8.95. The van der Waals surface area contributed by atoms with Gasteiger partial charge in [-0.05, 0) is 43.7 Å². The molecule has 5 heteroatoms. The van der Waals surface area contributed by atoms with Gasteiger partial charge >= 0.3 is 0 Å². The summed E-state index contributed by atoms with van der Waals surface area (Å²) in [4.78, 5) is 0.214. The summed E-state index contributed by atoms with van der Waals surface area (Å²) < 4.78 is 30.4. The predicted molar refractivity (Wildman–Crippen MR) is 76.0 cm³/mol. The zero-order chi connectivity index (χ0) is 14.0. The molecule has 2 N–H and O–H groups in total. The van der Waals surface area contributed by atoms with Crippen molar-refractivity contribution >= 4 is 15.5 Å². The van der Waals surface area contributed by atoms with E-state index in [-0.39, 0.29) is 10.1 Å². The third kappa shape index (κ3) is 2.86. The van der Waals surface area contributed by atoms with E-state index in [9.17, 15) is 8.42 Å². The van der Waals surface area contributed by atoms with Gasteiger partial charge in [-0.25, -0.2) is 8.42 Å². The molecule has 106 valence electrons. The maximum absolute atomic E-state index is 12.6. The molecule has 1 aliphatic carbocycles. The van der Waals surface area contributed by atoms with Gasteiger partial charge in [0, 0.05) is 6.07 Å². The fraction of sp³-hybridized carbons (Fsp3) is 0.571. The zero-order valence-electron chi connectivity index (χ0n) is 11.4. The Kier molecular flexibility index (Phi) is 4.04. The van der Waals surface area contributed by atoms with Crippen LogP contribution in [0.3, 0.4) is 0 Å². The van der Waals surface area contributed by atoms with Crippen LogP contribution < -0.4 is 10.5 Å². The van der Waals surface area contributed by atoms with Crippen LogP contribution in [0.25, 0.3) is 0 Å². The number of sulfone groups is 1. The van der Waals surface area contributed by atoms with Gasteiger partial charge < -0.3 is 10.5 Å². The Morgan fingerprint density at radius 1 is 1.21 bits per heavy atom. The lowest BCUT2D eigenvalue weighted by atomic mass is 9.91. The molecular weight excluding hydrogens is 262 g/mol. The third-order valence-electron chi connectivity index (χ3n) is 3.93. The fourth-order valence-corrected chi connectivity index (χ4v) is 4.54. The molecule has 2 rings (SSSR count). The molecule has 0 bridgehead atoms. The summed E-state index contributed by atoms with van der Waals surface area (Å²) in [5.41, 5.74) is 6.13. The number of hydrogen-bond donors (Lipinski definition) is 1. The zero-order valence-corrected chi connectivity index (χ0v) is 12.2. The van der Waals surface area contributed by atoms with E-state index in [1.165, 1.54) is 13.2 Å². The second kappa shape index (κ2) is 5.41. The number of ether oxygens (including phenoxy) is 1. The summed E-state index contributed by atoms with van der Waals surface area (Å²) in [6, 6.07) is 4.80. The van der Waals surface area contributed by atoms with Gasteiger partial charge in [0.05, 0.1) is 22.9 Å². The van der Waals surface area contributed by atoms with Crippen molar-refractivity contribution in [1.29, 1.82) is 0 Å². The van der Waals surface area contributed by atoms with E-state index >= 15 is 0 Å². The van der Waals surface area contributed by atoms with Crippen molar-refractivity contribution in [2.24, 2.45) is 5.92 Å². The van der Waals surface area contributed by atoms with Gasteiger partial charge in [0.15, 0.2) is 9.84 Å². The molecule has 0 radical (unpaired) electrons. The van der Waals surface area contributed by atoms with Gasteiger partial charge in [0.1, 0.15) is 5.75 Å². The van der Waals surface area contributed by atoms with E-state index in [1.54, 1.807) is 12.1 Å². The highest BCUT2D eigenvalue weighted by atomic mass is 32.2. The molecule has 0 aromatic heterocycles. The molecule has 0 heterocycles. The van der Waals surface area contributed by atoms with Crippen LogP contribution in [-0.2, 0) is 9.84 Å². The number of nitrogen functional groups attached to an aromatic ring is 1. The minimum Gasteiger partial charge on any atom is -0.497 e. The van der Waals surface area contributed by atoms with Gasteiger partial charge in [0.25, 0.3) is 0 Å². The molecule has 0 amide bonds. The monoisotopic (exact) mass is 283 g/mol. The average Bonchev–Trinajstić information content (AvgIpc) is 2.39. The summed E-state index contributed by atoms with van der Waals surface area (Å²) in [6.45, 7) is 2.17. The summed E-state index contributed by atoms with van der Waals surface area (Å²) in [5, 5.41) is -0.307. The van der Waals surface area contributed by atoms with Crippen molar-refractivity contribution in [3.05, 3.63) is 18.2 Å². The maximum atomic E-state index is 12.6. The minimum absolute atomic E-state index is 0.214. The van der Waals surface area contributed by atoms with E-state index in [0.29, 0.717) is 17.4 Å². The van der Waals surface area contributed by atoms with Crippen molar-refractivity contribution in [3.63, 3.8) is 0 Å². The molecule has 0 atom stereocenters. The predicted octanol–water partition coefficient (Wildman–Crippen LogP) is 2.63. The van der Waals surface area contributed by atoms with Gasteiger partial charge in [-0.3, -0.25) is 0 Å². The fourth-order valence-electron chi connectivity index (χ4n) is 2.61. The van der Waals surface area contributed by atoms with Crippen LogP contribution in [0.1, 0.15) is 32.6 Å². The number of nitrogens with two attached hydrogens (primary N) is 1. The van der Waals surface area contributed by atoms with Gasteiger partial charge in [-0.15, -0.1) is 0 Å². The summed E-state index contributed by atoms with van der Waals surface area (Å²) >= 11 is 0. The quantitative estimate of drug-likeness (QED) is 0.866. The van der Waals surface area contributed by atoms with Gasteiger partial charge in [0.2, 0.25) is 0 Å². The summed E-state index contributed by atoms with van der Waals surface area (Å²) in [6.07, 6.45) is 3.38. The normalized spacial score (nSPS) is 24.1. The molecule has 19 heavy (non-hydrogen) atoms. The Balaban J connectivity index is 2.34. The van der Waals surface area contributed by atoms with E-state index in [2.05, 4.69) is 6.92 Å². The largest absolute Gasteiger partial charge is 0.497 e. The number of anilines is 1. The van der Waals surface area contributed by atoms with Gasteiger partial charge in [-0.1, -0.05) is 6.92 Å². The number of hydrogen-bond acceptors (Lipinski definition) is 4. The highest BCUT2D eigenvalue weighted by Gasteiger charge is 2.32. The van der Waals surface area contributed by atoms with Crippen molar-refractivity contribution < 1.29 is 13.2 Å². The second-order valence-corrected chi connectivity index (χ2v) is 7.53. The lowest BCUT2D eigenvalue weighted by Crippen LogP contribution is -2.27. The lowest BCUT2D eigenvalue weighted by Gasteiger charge is -2.26. The smallest absolute Gasteiger partial charge is 0.183 e. The van der Waals surface area contributed by atoms with Crippen LogP contribution in [0.15, 0.2) is 23.1 Å². The third-order valence-corrected chi connectivity index (χ3v) is 6.24. The molecular formula is C14H21NO3S. The van der Waals surface area contributed by atoms with E-state index in [1.807, 2.05) is 0 Å². The minimum atomic E-state index is -3.35. The number of rotatable bonds is 3. The van der Waals surface area contributed by atoms with Crippen LogP contribution in [-0.4, -0.2) is 20.8 Å². The molecule has 1 aliphatic rings. The molecule has 1 fully saturated rings. The van der Waals surface area contributed by atoms with Gasteiger partial charge in [-0.2, -0.15) is 0 Å². The standard InChI is InChI=1S/C14H21NO3S/c1-10-3-6-12(7-4-10)19(16,17)14-9-11(18-2)5-8-13(14)15/h5,8-10,12H,3-4,6-7,15H2,1-2H3. The van der Waals surface area contributed by atoms with Crippen LogP contribution >= 0.6 is 0 Å². The SMILES string of the molecule is COc1ccc(N)c(S(=O)(=O)C2CCC(C)CC2)c1. The Bertz CT molecular complexity index is 546. The number of methoxy groups -OCH3 is 1. The molecule has 0 saturated heterocycles. The topological polar surface area (TPSA) is 69.4 Å². The number of benzene rings is 1. The Morgan fingerprint density at radius 2 is 1.84 bits per heavy atom. The Hall–Kier alpha value is -1.23. The summed E-state index contributed by atoms with van der Waals surface area (Å²) in [7, 11) is -1.84. The maximum Gasteiger partial charge on any atom is 0.183 e. The highest BCUT2D eigenvalue weighted by Crippen LogP contribution is 2.34. The van der Waals surface area contributed by atoms with Crippen molar-refractivity contribution in [3.8, 4) is 5.75 Å². The first kappa shape index (κ1) is 14.2. The van der Waals surface area contributed by atoms with Crippen LogP contribution in [0.4, 0.5) is 5.69 Å². The molecule has 1 saturated carbocycles. The molecule has 4 nitrogen and oxygen atoms in total. The van der Waals surface area contributed by atoms with Crippen LogP contribution in [0.5, 0.6) is 5.75 Å². The Morgan fingerprint density at radius 3 is 2.42 bits per heavy atom. The highest BCUT2D eigenvalue weighted by molar-refractivity contribution is 7.92. The summed E-state index contributed by atoms with van der Waals surface area (Å²) in [5.74, 6) is 1.14. The lowest BCUT2D eigenvalue weighted by molar-refractivity contribution is 0.382. The molecule has 1 aromatic rings. The molecule has 0 unspecified atom stereocenters. The first-order valence-corrected chi connectivity index (χ1v) is 8.17. The molecule has 0 aliphatic heterocycles. The molecule has 0 spiro atoms. The van der Waals surface area contributed by atoms with Crippen LogP contribution in [0.2, 0.25) is 0 Å². The van der Waals surface area contributed by atoms with E-state index in [0.717, 1.165) is 25.7 Å². The second-order valence-electron chi connectivity index (χ2n) is 5.33. The van der Waals surface area contributed by atoms with Crippen LogP contribution in [0, 0.1) is 5.92 Å². The first-order valence-electron chi connectivity index (χ1n) is 6.62. The van der Waals surface area contributed by atoms with E-state index < -0.39 is 9.84 Å². The average molecular weight is 283 g/mol. The van der Waals surface area contributed by atoms with E-state index in [4.69, 9.17) is 10.5 Å². The molecule has 1 aromatic carbocycles.